The molecule has 0 amide bonds. The first-order valence-electron chi connectivity index (χ1n) is 8.20. The number of nitrogens with zero attached hydrogens (tertiary/aromatic N) is 3. The van der Waals surface area contributed by atoms with E-state index < -0.39 is 62.3 Å². The number of benzene rings is 2. The van der Waals surface area contributed by atoms with E-state index in [1.54, 1.807) is 0 Å². The van der Waals surface area contributed by atoms with Crippen LogP contribution in [0.25, 0.3) is 0 Å². The fourth-order valence-electron chi connectivity index (χ4n) is 2.65. The minimum Gasteiger partial charge on any atom is -0.394 e. The lowest BCUT2D eigenvalue weighted by atomic mass is 10.0. The summed E-state index contributed by atoms with van der Waals surface area (Å²) in [6, 6.07) is 2.90. The lowest BCUT2D eigenvalue weighted by molar-refractivity contribution is -0.392. The van der Waals surface area contributed by atoms with Crippen molar-refractivity contribution in [2.24, 2.45) is 0 Å². The Morgan fingerprint density at radius 2 is 1.42 bits per heavy atom. The highest BCUT2D eigenvalue weighted by Crippen LogP contribution is 2.42. The maximum Gasteiger partial charge on any atom is 0.416 e. The van der Waals surface area contributed by atoms with Gasteiger partial charge in [0.25, 0.3) is 17.1 Å². The molecule has 0 radical (unpaired) electrons. The molecule has 2 unspecified atom stereocenters. The standard InChI is InChI=1S/C16H13F3N4O8/c17-16(18,19)9-5-12(22(28)29)14(13(6-9)23(30)31)20-11(7-24)15(25)8-1-3-10(4-2-8)21(26)27/h1-6,11,15,20,24-25H,7H2. The Hall–Kier alpha value is -3.85. The Balaban J connectivity index is 2.51. The third-order valence-corrected chi connectivity index (χ3v) is 4.17. The Morgan fingerprint density at radius 3 is 1.77 bits per heavy atom. The van der Waals surface area contributed by atoms with Gasteiger partial charge in [0.05, 0.1) is 33.0 Å². The number of non-ortho nitro benzene ring substituents is 1. The van der Waals surface area contributed by atoms with Crippen molar-refractivity contribution in [1.29, 1.82) is 0 Å². The number of halogens is 3. The first-order valence-corrected chi connectivity index (χ1v) is 8.20. The summed E-state index contributed by atoms with van der Waals surface area (Å²) in [4.78, 5) is 30.0. The number of alkyl halides is 3. The van der Waals surface area contributed by atoms with Crippen molar-refractivity contribution < 1.29 is 38.2 Å². The molecule has 3 N–H and O–H groups in total. The third-order valence-electron chi connectivity index (χ3n) is 4.17. The van der Waals surface area contributed by atoms with Crippen molar-refractivity contribution >= 4 is 22.7 Å². The van der Waals surface area contributed by atoms with Gasteiger partial charge in [-0.25, -0.2) is 0 Å². The fraction of sp³-hybridized carbons (Fsp3) is 0.250. The smallest absolute Gasteiger partial charge is 0.394 e. The molecule has 0 aliphatic carbocycles. The SMILES string of the molecule is O=[N+]([O-])c1ccc(C(O)C(CO)Nc2c([N+](=O)[O-])cc(C(F)(F)F)cc2[N+](=O)[O-])cc1. The monoisotopic (exact) mass is 446 g/mol. The van der Waals surface area contributed by atoms with Crippen LogP contribution < -0.4 is 5.32 Å². The molecule has 2 aromatic carbocycles. The van der Waals surface area contributed by atoms with E-state index in [-0.39, 0.29) is 23.4 Å². The van der Waals surface area contributed by atoms with Crippen molar-refractivity contribution in [3.05, 3.63) is 77.9 Å². The number of nitro groups is 3. The number of hydrogen-bond donors (Lipinski definition) is 3. The van der Waals surface area contributed by atoms with Crippen LogP contribution in [0.15, 0.2) is 36.4 Å². The van der Waals surface area contributed by atoms with Gasteiger partial charge in [-0.2, -0.15) is 13.2 Å². The van der Waals surface area contributed by atoms with E-state index in [1.807, 2.05) is 0 Å². The number of aliphatic hydroxyl groups excluding tert-OH is 2. The van der Waals surface area contributed by atoms with Crippen LogP contribution in [0.3, 0.4) is 0 Å². The van der Waals surface area contributed by atoms with Crippen molar-refractivity contribution in [1.82, 2.24) is 0 Å². The zero-order valence-electron chi connectivity index (χ0n) is 15.1. The van der Waals surface area contributed by atoms with E-state index in [2.05, 4.69) is 5.32 Å². The van der Waals surface area contributed by atoms with E-state index in [4.69, 9.17) is 0 Å². The van der Waals surface area contributed by atoms with Gasteiger partial charge in [-0.1, -0.05) is 0 Å². The van der Waals surface area contributed by atoms with Crippen LogP contribution in [0, 0.1) is 30.3 Å². The van der Waals surface area contributed by atoms with Gasteiger partial charge in [-0.3, -0.25) is 30.3 Å². The van der Waals surface area contributed by atoms with Crippen LogP contribution in [0.1, 0.15) is 17.2 Å². The maximum atomic E-state index is 13.0. The number of rotatable bonds is 8. The first-order chi connectivity index (χ1) is 14.4. The molecule has 2 atom stereocenters. The summed E-state index contributed by atoms with van der Waals surface area (Å²) in [5.41, 5.74) is -5.50. The molecule has 2 aromatic rings. The van der Waals surface area contributed by atoms with Gasteiger partial charge in [-0.15, -0.1) is 0 Å². The number of nitrogens with one attached hydrogen (secondary N) is 1. The number of hydrogen-bond acceptors (Lipinski definition) is 9. The molecule has 31 heavy (non-hydrogen) atoms. The van der Waals surface area contributed by atoms with Gasteiger partial charge in [0.2, 0.25) is 0 Å². The maximum absolute atomic E-state index is 13.0. The van der Waals surface area contributed by atoms with E-state index in [1.165, 1.54) is 0 Å². The lowest BCUT2D eigenvalue weighted by Gasteiger charge is -2.23. The van der Waals surface area contributed by atoms with Gasteiger partial charge < -0.3 is 15.5 Å². The number of aliphatic hydroxyl groups is 2. The summed E-state index contributed by atoms with van der Waals surface area (Å²) in [6.45, 7) is -0.951. The van der Waals surface area contributed by atoms with Crippen molar-refractivity contribution in [2.75, 3.05) is 11.9 Å². The van der Waals surface area contributed by atoms with Crippen LogP contribution in [-0.2, 0) is 6.18 Å². The highest BCUT2D eigenvalue weighted by atomic mass is 19.4. The Morgan fingerprint density at radius 1 is 0.935 bits per heavy atom. The van der Waals surface area contributed by atoms with Crippen molar-refractivity contribution in [2.45, 2.75) is 18.3 Å². The summed E-state index contributed by atoms with van der Waals surface area (Å²) < 4.78 is 38.9. The summed E-state index contributed by atoms with van der Waals surface area (Å²) in [6.07, 6.45) is -6.80. The third kappa shape index (κ3) is 5.20. The molecule has 12 nitrogen and oxygen atoms in total. The second kappa shape index (κ2) is 8.88. The normalized spacial score (nSPS) is 13.3. The molecule has 0 aliphatic rings. The molecule has 0 aliphatic heterocycles. The molecule has 2 rings (SSSR count). The van der Waals surface area contributed by atoms with E-state index in [0.717, 1.165) is 24.3 Å². The minimum absolute atomic E-state index is 0.00521. The number of anilines is 1. The van der Waals surface area contributed by atoms with Crippen molar-refractivity contribution in [3.63, 3.8) is 0 Å². The average molecular weight is 446 g/mol. The van der Waals surface area contributed by atoms with Gasteiger partial charge >= 0.3 is 6.18 Å². The molecule has 0 saturated carbocycles. The lowest BCUT2D eigenvalue weighted by Crippen LogP contribution is -2.32. The van der Waals surface area contributed by atoms with Crippen molar-refractivity contribution in [3.8, 4) is 0 Å². The molecule has 166 valence electrons. The van der Waals surface area contributed by atoms with Crippen LogP contribution >= 0.6 is 0 Å². The first kappa shape index (κ1) is 23.4. The quantitative estimate of drug-likeness (QED) is 0.405. The Kier molecular flexibility index (Phi) is 6.71. The second-order valence-corrected chi connectivity index (χ2v) is 6.13. The molecule has 15 heteroatoms. The van der Waals surface area contributed by atoms with Crippen LogP contribution in [0.5, 0.6) is 0 Å². The Labute approximate surface area is 170 Å². The van der Waals surface area contributed by atoms with Gasteiger partial charge in [-0.05, 0) is 17.7 Å². The van der Waals surface area contributed by atoms with Crippen LogP contribution in [0.4, 0.5) is 35.9 Å². The summed E-state index contributed by atoms with van der Waals surface area (Å²) in [5, 5.41) is 55.4. The molecule has 0 spiro atoms. The molecular weight excluding hydrogens is 433 g/mol. The highest BCUT2D eigenvalue weighted by Gasteiger charge is 2.38. The molecule has 0 saturated heterocycles. The predicted octanol–water partition coefficient (Wildman–Crippen LogP) is 2.94. The topological polar surface area (TPSA) is 182 Å². The van der Waals surface area contributed by atoms with E-state index in [0.29, 0.717) is 0 Å². The summed E-state index contributed by atoms with van der Waals surface area (Å²) >= 11 is 0. The molecular formula is C16H13F3N4O8. The molecule has 0 aromatic heterocycles. The van der Waals surface area contributed by atoms with Gasteiger partial charge in [0.15, 0.2) is 5.69 Å². The second-order valence-electron chi connectivity index (χ2n) is 6.13. The average Bonchev–Trinajstić information content (AvgIpc) is 2.70. The summed E-state index contributed by atoms with van der Waals surface area (Å²) in [7, 11) is 0. The highest BCUT2D eigenvalue weighted by molar-refractivity contribution is 5.75. The summed E-state index contributed by atoms with van der Waals surface area (Å²) in [5.74, 6) is 0. The zero-order valence-corrected chi connectivity index (χ0v) is 15.1. The van der Waals surface area contributed by atoms with E-state index >= 15 is 0 Å². The van der Waals surface area contributed by atoms with Crippen LogP contribution in [0.2, 0.25) is 0 Å². The fourth-order valence-corrected chi connectivity index (χ4v) is 2.65. The Bertz CT molecular complexity index is 978. The molecule has 0 fully saturated rings. The number of nitro benzene ring substituents is 3. The largest absolute Gasteiger partial charge is 0.416 e. The molecule has 0 bridgehead atoms. The van der Waals surface area contributed by atoms with Crippen LogP contribution in [-0.4, -0.2) is 37.6 Å². The minimum atomic E-state index is -5.11. The van der Waals surface area contributed by atoms with Gasteiger partial charge in [0.1, 0.15) is 6.10 Å². The molecule has 0 heterocycles. The predicted molar refractivity (Wildman–Crippen MR) is 97.3 cm³/mol. The van der Waals surface area contributed by atoms with Gasteiger partial charge in [0, 0.05) is 24.3 Å². The zero-order chi connectivity index (χ0) is 23.5. The van der Waals surface area contributed by atoms with E-state index in [9.17, 15) is 53.7 Å².